The van der Waals surface area contributed by atoms with E-state index in [4.69, 9.17) is 16.3 Å². The lowest BCUT2D eigenvalue weighted by molar-refractivity contribution is 0.102. The molecule has 0 saturated heterocycles. The molecule has 190 valence electrons. The van der Waals surface area contributed by atoms with Crippen LogP contribution in [0.5, 0.6) is 11.5 Å². The first kappa shape index (κ1) is 26.1. The number of phenols is 1. The molecule has 0 bridgehead atoms. The van der Waals surface area contributed by atoms with E-state index in [2.05, 4.69) is 15.5 Å². The molecular weight excluding hydrogens is 518 g/mol. The molecule has 0 aliphatic rings. The fraction of sp³-hybridized carbons (Fsp3) is 0.115. The van der Waals surface area contributed by atoms with E-state index >= 15 is 0 Å². The third-order valence-electron chi connectivity index (χ3n) is 5.36. The van der Waals surface area contributed by atoms with E-state index in [0.717, 1.165) is 0 Å². The Bertz CT molecular complexity index is 1650. The van der Waals surface area contributed by atoms with E-state index in [-0.39, 0.29) is 22.0 Å². The molecule has 0 heterocycles. The Balaban J connectivity index is 1.84. The molecule has 0 aliphatic heterocycles. The van der Waals surface area contributed by atoms with Crippen LogP contribution in [0.2, 0.25) is 5.02 Å². The van der Waals surface area contributed by atoms with E-state index < -0.39 is 26.7 Å². The Morgan fingerprint density at radius 1 is 1.05 bits per heavy atom. The number of phenolic OH excluding ortho intramolecular Hbond substituents is 1. The molecular formula is C26H22ClN3O6S. The molecule has 0 unspecified atom stereocenters. The lowest BCUT2D eigenvalue weighted by Gasteiger charge is -2.13. The number of ether oxygens (including phenoxy) is 1. The molecule has 0 radical (unpaired) electrons. The van der Waals surface area contributed by atoms with Crippen molar-refractivity contribution in [2.24, 2.45) is 10.2 Å². The lowest BCUT2D eigenvalue weighted by atomic mass is 10.0. The van der Waals surface area contributed by atoms with Crippen LogP contribution in [-0.2, 0) is 10.1 Å². The van der Waals surface area contributed by atoms with Gasteiger partial charge in [-0.25, -0.2) is 0 Å². The number of halogens is 1. The largest absolute Gasteiger partial charge is 0.505 e. The van der Waals surface area contributed by atoms with Crippen LogP contribution in [-0.4, -0.2) is 30.6 Å². The van der Waals surface area contributed by atoms with Gasteiger partial charge in [0.05, 0.1) is 22.9 Å². The maximum Gasteiger partial charge on any atom is 0.298 e. The van der Waals surface area contributed by atoms with Crippen LogP contribution in [0, 0.1) is 6.92 Å². The van der Waals surface area contributed by atoms with Gasteiger partial charge in [-0.2, -0.15) is 8.42 Å². The van der Waals surface area contributed by atoms with Crippen molar-refractivity contribution >= 4 is 55.5 Å². The number of nitrogens with zero attached hydrogens (tertiary/aromatic N) is 2. The van der Waals surface area contributed by atoms with Crippen LogP contribution >= 0.6 is 11.6 Å². The van der Waals surface area contributed by atoms with Gasteiger partial charge in [-0.15, -0.1) is 10.2 Å². The molecule has 9 nitrogen and oxygen atoms in total. The zero-order chi connectivity index (χ0) is 26.7. The summed E-state index contributed by atoms with van der Waals surface area (Å²) in [6.45, 7) is 3.88. The highest BCUT2D eigenvalue weighted by Crippen LogP contribution is 2.41. The number of hydrogen-bond donors (Lipinski definition) is 3. The number of fused-ring (bicyclic) bond motifs is 1. The van der Waals surface area contributed by atoms with Crippen LogP contribution in [0.15, 0.2) is 81.9 Å². The Kier molecular flexibility index (Phi) is 7.44. The topological polar surface area (TPSA) is 138 Å². The van der Waals surface area contributed by atoms with Gasteiger partial charge in [0.15, 0.2) is 5.75 Å². The Hall–Kier alpha value is -3.99. The van der Waals surface area contributed by atoms with Crippen molar-refractivity contribution in [2.75, 3.05) is 11.9 Å². The van der Waals surface area contributed by atoms with Crippen LogP contribution in [0.3, 0.4) is 0 Å². The SMILES string of the molecule is CCOc1ccccc1NC(=O)c1cc2ccccc2c(N=Nc2cc(C)cc(Cl)c2S(=O)(=O)O)c1O. The van der Waals surface area contributed by atoms with Crippen molar-refractivity contribution < 1.29 is 27.6 Å². The summed E-state index contributed by atoms with van der Waals surface area (Å²) in [7, 11) is -4.73. The molecule has 4 aromatic carbocycles. The van der Waals surface area contributed by atoms with E-state index in [1.54, 1.807) is 55.5 Å². The fourth-order valence-electron chi connectivity index (χ4n) is 3.78. The standard InChI is InChI=1S/C26H22ClN3O6S/c1-3-36-22-11-7-6-10-20(22)28-26(32)18-14-16-8-4-5-9-17(16)23(24(18)31)30-29-21-13-15(2)12-19(27)25(21)37(33,34)35/h4-14,31H,3H2,1-2H3,(H,28,32)(H,33,34,35). The number of anilines is 1. The van der Waals surface area contributed by atoms with Gasteiger partial charge in [-0.3, -0.25) is 9.35 Å². The number of carbonyl (C=O) groups excluding carboxylic acids is 1. The molecule has 0 aliphatic carbocycles. The number of hydrogen-bond acceptors (Lipinski definition) is 7. The van der Waals surface area contributed by atoms with Crippen molar-refractivity contribution in [1.82, 2.24) is 0 Å². The Labute approximate surface area is 218 Å². The normalized spacial score (nSPS) is 11.7. The van der Waals surface area contributed by atoms with Crippen molar-refractivity contribution in [1.29, 1.82) is 0 Å². The molecule has 0 spiro atoms. The molecule has 0 saturated carbocycles. The average molecular weight is 540 g/mol. The van der Waals surface area contributed by atoms with Gasteiger partial charge in [-0.1, -0.05) is 48.0 Å². The summed E-state index contributed by atoms with van der Waals surface area (Å²) in [5, 5.41) is 22.7. The van der Waals surface area contributed by atoms with Crippen molar-refractivity contribution in [3.05, 3.63) is 82.9 Å². The number of azo groups is 1. The summed E-state index contributed by atoms with van der Waals surface area (Å²) in [5.41, 5.74) is 0.603. The number of benzene rings is 4. The minimum Gasteiger partial charge on any atom is -0.505 e. The summed E-state index contributed by atoms with van der Waals surface area (Å²) in [5.74, 6) is -0.627. The zero-order valence-electron chi connectivity index (χ0n) is 19.8. The predicted octanol–water partition coefficient (Wildman–Crippen LogP) is 6.82. The molecule has 37 heavy (non-hydrogen) atoms. The van der Waals surface area contributed by atoms with Crippen molar-refractivity contribution in [3.63, 3.8) is 0 Å². The lowest BCUT2D eigenvalue weighted by Crippen LogP contribution is -2.13. The number of aryl methyl sites for hydroxylation is 1. The Morgan fingerprint density at radius 2 is 1.76 bits per heavy atom. The number of rotatable bonds is 7. The monoisotopic (exact) mass is 539 g/mol. The van der Waals surface area contributed by atoms with Crippen molar-refractivity contribution in [3.8, 4) is 11.5 Å². The molecule has 11 heteroatoms. The molecule has 4 rings (SSSR count). The molecule has 0 atom stereocenters. The van der Waals surface area contributed by atoms with E-state index in [1.165, 1.54) is 18.2 Å². The second-order valence-electron chi connectivity index (χ2n) is 8.00. The highest BCUT2D eigenvalue weighted by molar-refractivity contribution is 7.86. The van der Waals surface area contributed by atoms with Gasteiger partial charge in [-0.05, 0) is 55.1 Å². The third-order valence-corrected chi connectivity index (χ3v) is 6.71. The summed E-state index contributed by atoms with van der Waals surface area (Å²) < 4.78 is 39.1. The molecule has 3 N–H and O–H groups in total. The molecule has 4 aromatic rings. The molecule has 0 fully saturated rings. The summed E-state index contributed by atoms with van der Waals surface area (Å²) in [4.78, 5) is 12.6. The number of carbonyl (C=O) groups is 1. The van der Waals surface area contributed by atoms with Gasteiger partial charge in [0.25, 0.3) is 16.0 Å². The quantitative estimate of drug-likeness (QED) is 0.174. The third kappa shape index (κ3) is 5.56. The molecule has 1 amide bonds. The zero-order valence-corrected chi connectivity index (χ0v) is 21.3. The minimum absolute atomic E-state index is 0.0692. The first-order valence-electron chi connectivity index (χ1n) is 11.1. The van der Waals surface area contributed by atoms with Crippen LogP contribution in [0.4, 0.5) is 17.1 Å². The van der Waals surface area contributed by atoms with Gasteiger partial charge >= 0.3 is 0 Å². The van der Waals surface area contributed by atoms with Gasteiger partial charge in [0, 0.05) is 5.39 Å². The minimum atomic E-state index is -4.73. The first-order valence-corrected chi connectivity index (χ1v) is 12.9. The summed E-state index contributed by atoms with van der Waals surface area (Å²) in [6.07, 6.45) is 0. The maximum absolute atomic E-state index is 13.2. The number of para-hydroxylation sites is 2. The average Bonchev–Trinajstić information content (AvgIpc) is 2.83. The smallest absolute Gasteiger partial charge is 0.298 e. The number of aromatic hydroxyl groups is 1. The van der Waals surface area contributed by atoms with Gasteiger partial charge in [0.2, 0.25) is 0 Å². The van der Waals surface area contributed by atoms with E-state index in [1.807, 2.05) is 6.92 Å². The van der Waals surface area contributed by atoms with E-state index in [0.29, 0.717) is 34.4 Å². The summed E-state index contributed by atoms with van der Waals surface area (Å²) >= 11 is 6.05. The first-order chi connectivity index (χ1) is 17.6. The van der Waals surface area contributed by atoms with Crippen LogP contribution in [0.1, 0.15) is 22.8 Å². The highest BCUT2D eigenvalue weighted by Gasteiger charge is 2.22. The van der Waals surface area contributed by atoms with E-state index in [9.17, 15) is 22.9 Å². The summed E-state index contributed by atoms with van der Waals surface area (Å²) in [6, 6.07) is 18.0. The van der Waals surface area contributed by atoms with Gasteiger partial charge < -0.3 is 15.2 Å². The number of amides is 1. The fourth-order valence-corrected chi connectivity index (χ4v) is 5.01. The second-order valence-corrected chi connectivity index (χ2v) is 9.76. The van der Waals surface area contributed by atoms with Crippen LogP contribution in [0.25, 0.3) is 10.8 Å². The molecule has 0 aromatic heterocycles. The maximum atomic E-state index is 13.2. The highest BCUT2D eigenvalue weighted by atomic mass is 35.5. The van der Waals surface area contributed by atoms with Crippen LogP contribution < -0.4 is 10.1 Å². The second kappa shape index (κ2) is 10.6. The Morgan fingerprint density at radius 3 is 2.49 bits per heavy atom. The van der Waals surface area contributed by atoms with Crippen molar-refractivity contribution in [2.45, 2.75) is 18.7 Å². The van der Waals surface area contributed by atoms with Gasteiger partial charge in [0.1, 0.15) is 22.0 Å². The number of nitrogens with one attached hydrogen (secondary N) is 1. The predicted molar refractivity (Wildman–Crippen MR) is 141 cm³/mol.